The molecule has 3 heterocycles. The van der Waals surface area contributed by atoms with Gasteiger partial charge in [0, 0.05) is 41.0 Å². The number of ether oxygens (including phenoxy) is 1. The molecule has 0 radical (unpaired) electrons. The highest BCUT2D eigenvalue weighted by Crippen LogP contribution is 2.25. The third kappa shape index (κ3) is 3.20. The van der Waals surface area contributed by atoms with Gasteiger partial charge >= 0.3 is 0 Å². The largest absolute Gasteiger partial charge is 0.472 e. The van der Waals surface area contributed by atoms with Crippen LogP contribution < -0.4 is 4.74 Å². The zero-order valence-electron chi connectivity index (χ0n) is 16.6. The molecule has 1 saturated heterocycles. The van der Waals surface area contributed by atoms with E-state index in [0.717, 1.165) is 21.8 Å². The Morgan fingerprint density at radius 2 is 1.87 bits per heavy atom. The van der Waals surface area contributed by atoms with Crippen LogP contribution in [0.5, 0.6) is 5.88 Å². The maximum atomic E-state index is 13.0. The lowest BCUT2D eigenvalue weighted by Gasteiger charge is -2.16. The molecular weight excluding hydrogens is 378 g/mol. The Hall–Kier alpha value is -3.67. The quantitative estimate of drug-likeness (QED) is 0.417. The number of rotatable bonds is 4. The molecule has 0 saturated carbocycles. The Morgan fingerprint density at radius 3 is 2.77 bits per heavy atom. The number of aromatic nitrogens is 2. The van der Waals surface area contributed by atoms with Crippen molar-refractivity contribution in [1.29, 1.82) is 0 Å². The Bertz CT molecular complexity index is 1280. The van der Waals surface area contributed by atoms with Crippen LogP contribution in [0, 0.1) is 6.92 Å². The van der Waals surface area contributed by atoms with Crippen LogP contribution in [0.1, 0.15) is 22.5 Å². The van der Waals surface area contributed by atoms with Crippen molar-refractivity contribution in [2.24, 2.45) is 0 Å². The lowest BCUT2D eigenvalue weighted by Crippen LogP contribution is -2.36. The van der Waals surface area contributed by atoms with Gasteiger partial charge in [-0.1, -0.05) is 36.4 Å². The van der Waals surface area contributed by atoms with Crippen LogP contribution in [0.4, 0.5) is 0 Å². The van der Waals surface area contributed by atoms with Crippen molar-refractivity contribution in [1.82, 2.24) is 14.9 Å². The molecule has 150 valence electrons. The predicted molar refractivity (Wildman–Crippen MR) is 115 cm³/mol. The molecule has 1 atom stereocenters. The number of aryl methyl sites for hydroxylation is 1. The van der Waals surface area contributed by atoms with Crippen LogP contribution in [0.25, 0.3) is 21.8 Å². The summed E-state index contributed by atoms with van der Waals surface area (Å²) in [6.45, 7) is 2.69. The molecule has 5 rings (SSSR count). The van der Waals surface area contributed by atoms with Gasteiger partial charge in [-0.05, 0) is 25.1 Å². The molecule has 1 aliphatic heterocycles. The molecule has 2 aromatic heterocycles. The predicted octanol–water partition coefficient (Wildman–Crippen LogP) is 3.89. The van der Waals surface area contributed by atoms with Gasteiger partial charge < -0.3 is 14.6 Å². The zero-order valence-corrected chi connectivity index (χ0v) is 16.6. The minimum atomic E-state index is -0.486. The highest BCUT2D eigenvalue weighted by atomic mass is 16.5. The Balaban J connectivity index is 1.30. The van der Waals surface area contributed by atoms with E-state index in [1.54, 1.807) is 4.90 Å². The fourth-order valence-electron chi connectivity index (χ4n) is 4.11. The van der Waals surface area contributed by atoms with Gasteiger partial charge in [0.25, 0.3) is 11.7 Å². The molecule has 0 bridgehead atoms. The second-order valence-corrected chi connectivity index (χ2v) is 7.62. The molecule has 6 heteroatoms. The molecule has 1 aliphatic rings. The molecule has 1 amide bonds. The van der Waals surface area contributed by atoms with E-state index in [4.69, 9.17) is 4.74 Å². The summed E-state index contributed by atoms with van der Waals surface area (Å²) in [5, 5.41) is 1.83. The molecule has 30 heavy (non-hydrogen) atoms. The number of fused-ring (bicyclic) bond motifs is 2. The number of hydrogen-bond acceptors (Lipinski definition) is 4. The summed E-state index contributed by atoms with van der Waals surface area (Å²) < 4.78 is 6.01. The first kappa shape index (κ1) is 18.4. The number of nitrogens with zero attached hydrogens (tertiary/aromatic N) is 2. The van der Waals surface area contributed by atoms with Gasteiger partial charge in [0.05, 0.1) is 17.6 Å². The van der Waals surface area contributed by atoms with E-state index in [0.29, 0.717) is 36.6 Å². The van der Waals surface area contributed by atoms with Gasteiger partial charge in [-0.2, -0.15) is 0 Å². The Kier molecular flexibility index (Phi) is 4.47. The van der Waals surface area contributed by atoms with Gasteiger partial charge in [-0.25, -0.2) is 4.98 Å². The summed E-state index contributed by atoms with van der Waals surface area (Å²) in [5.41, 5.74) is 2.89. The van der Waals surface area contributed by atoms with Crippen LogP contribution in [0.15, 0.2) is 60.7 Å². The number of para-hydroxylation sites is 2. The van der Waals surface area contributed by atoms with Crippen molar-refractivity contribution >= 4 is 33.5 Å². The summed E-state index contributed by atoms with van der Waals surface area (Å²) >= 11 is 0. The monoisotopic (exact) mass is 399 g/mol. The van der Waals surface area contributed by atoms with E-state index in [-0.39, 0.29) is 6.10 Å². The maximum absolute atomic E-state index is 13.0. The number of hydrogen-bond donors (Lipinski definition) is 1. The Morgan fingerprint density at radius 1 is 1.07 bits per heavy atom. The highest BCUT2D eigenvalue weighted by Gasteiger charge is 2.33. The molecule has 1 N–H and O–H groups in total. The molecular formula is C24H21N3O3. The van der Waals surface area contributed by atoms with Gasteiger partial charge in [-0.15, -0.1) is 0 Å². The number of pyridine rings is 1. The normalized spacial score (nSPS) is 16.3. The highest BCUT2D eigenvalue weighted by molar-refractivity contribution is 6.45. The molecule has 4 aromatic rings. The van der Waals surface area contributed by atoms with Gasteiger partial charge in [0.1, 0.15) is 6.10 Å². The molecule has 6 nitrogen and oxygen atoms in total. The second-order valence-electron chi connectivity index (χ2n) is 7.62. The van der Waals surface area contributed by atoms with E-state index >= 15 is 0 Å². The zero-order chi connectivity index (χ0) is 20.7. The number of ketones is 1. The first-order valence-electron chi connectivity index (χ1n) is 10.0. The third-order valence-corrected chi connectivity index (χ3v) is 5.61. The van der Waals surface area contributed by atoms with Crippen LogP contribution in [0.2, 0.25) is 0 Å². The molecule has 1 unspecified atom stereocenters. The van der Waals surface area contributed by atoms with Gasteiger partial charge in [0.2, 0.25) is 5.88 Å². The number of amides is 1. The number of aromatic amines is 1. The van der Waals surface area contributed by atoms with Crippen molar-refractivity contribution in [3.8, 4) is 5.88 Å². The number of carbonyl (C=O) groups is 2. The third-order valence-electron chi connectivity index (χ3n) is 5.61. The van der Waals surface area contributed by atoms with E-state index in [2.05, 4.69) is 9.97 Å². The SMILES string of the molecule is Cc1[nH]c2ccccc2c1C(=O)C(=O)N1CCC(Oc2ccc3ccccc3n2)C1. The first-order valence-corrected chi connectivity index (χ1v) is 10.0. The van der Waals surface area contributed by atoms with Gasteiger partial charge in [-0.3, -0.25) is 9.59 Å². The molecule has 2 aromatic carbocycles. The summed E-state index contributed by atoms with van der Waals surface area (Å²) in [6, 6.07) is 19.2. The standard InChI is InChI=1S/C24H21N3O3/c1-15-22(18-7-3-5-9-20(18)25-15)23(28)24(29)27-13-12-17(14-27)30-21-11-10-16-6-2-4-8-19(16)26-21/h2-11,17,25H,12-14H2,1H3. The van der Waals surface area contributed by atoms with Gasteiger partial charge in [0.15, 0.2) is 0 Å². The summed E-state index contributed by atoms with van der Waals surface area (Å²) in [4.78, 5) is 35.2. The number of carbonyl (C=O) groups excluding carboxylic acids is 2. The number of likely N-dealkylation sites (tertiary alicyclic amines) is 1. The number of benzene rings is 2. The number of H-pyrrole nitrogens is 1. The van der Waals surface area contributed by atoms with Crippen molar-refractivity contribution in [2.75, 3.05) is 13.1 Å². The van der Waals surface area contributed by atoms with Crippen LogP contribution in [0.3, 0.4) is 0 Å². The van der Waals surface area contributed by atoms with Crippen LogP contribution >= 0.6 is 0 Å². The molecule has 1 fully saturated rings. The van der Waals surface area contributed by atoms with Crippen molar-refractivity contribution in [3.05, 3.63) is 71.9 Å². The minimum absolute atomic E-state index is 0.181. The lowest BCUT2D eigenvalue weighted by atomic mass is 10.1. The average Bonchev–Trinajstić information content (AvgIpc) is 3.36. The fourth-order valence-corrected chi connectivity index (χ4v) is 4.11. The van der Waals surface area contributed by atoms with E-state index in [9.17, 15) is 9.59 Å². The van der Waals surface area contributed by atoms with Crippen LogP contribution in [-0.2, 0) is 4.79 Å². The summed E-state index contributed by atoms with van der Waals surface area (Å²) in [7, 11) is 0. The molecule has 0 spiro atoms. The second kappa shape index (κ2) is 7.30. The lowest BCUT2D eigenvalue weighted by molar-refractivity contribution is -0.125. The fraction of sp³-hybridized carbons (Fsp3) is 0.208. The summed E-state index contributed by atoms with van der Waals surface area (Å²) in [5.74, 6) is -0.429. The first-order chi connectivity index (χ1) is 14.6. The smallest absolute Gasteiger partial charge is 0.295 e. The Labute approximate surface area is 173 Å². The topological polar surface area (TPSA) is 75.3 Å². The summed E-state index contributed by atoms with van der Waals surface area (Å²) in [6.07, 6.45) is 0.486. The average molecular weight is 399 g/mol. The maximum Gasteiger partial charge on any atom is 0.295 e. The molecule has 0 aliphatic carbocycles. The number of Topliss-reactive ketones (excluding diaryl/α,β-unsaturated/α-hetero) is 1. The van der Waals surface area contributed by atoms with E-state index < -0.39 is 11.7 Å². The van der Waals surface area contributed by atoms with E-state index in [1.807, 2.05) is 67.6 Å². The van der Waals surface area contributed by atoms with E-state index in [1.165, 1.54) is 0 Å². The van der Waals surface area contributed by atoms with Crippen molar-refractivity contribution in [2.45, 2.75) is 19.4 Å². The number of nitrogens with one attached hydrogen (secondary N) is 1. The van der Waals surface area contributed by atoms with Crippen molar-refractivity contribution in [3.63, 3.8) is 0 Å². The van der Waals surface area contributed by atoms with Crippen molar-refractivity contribution < 1.29 is 14.3 Å². The minimum Gasteiger partial charge on any atom is -0.472 e. The van der Waals surface area contributed by atoms with Crippen LogP contribution in [-0.4, -0.2) is 45.8 Å².